The molecule has 52 valence electrons. The van der Waals surface area contributed by atoms with Crippen molar-refractivity contribution in [3.63, 3.8) is 0 Å². The molecule has 0 atom stereocenters. The predicted molar refractivity (Wildman–Crippen MR) is 27.2 cm³/mol. The van der Waals surface area contributed by atoms with Crippen molar-refractivity contribution in [1.82, 2.24) is 4.90 Å². The van der Waals surface area contributed by atoms with Crippen molar-refractivity contribution in [3.8, 4) is 0 Å². The maximum atomic E-state index is 12.2. The third-order valence-corrected chi connectivity index (χ3v) is 1.42. The standard InChI is InChI=1S/C5H7F2NO/c1-8-3-2-5(6,7)4(8)9/h2-3H2,1H3. The minimum Gasteiger partial charge on any atom is -0.340 e. The molecule has 1 amide bonds. The molecule has 0 aromatic heterocycles. The lowest BCUT2D eigenvalue weighted by Gasteiger charge is -2.07. The summed E-state index contributed by atoms with van der Waals surface area (Å²) in [7, 11) is 1.38. The Morgan fingerprint density at radius 2 is 2.22 bits per heavy atom. The quantitative estimate of drug-likeness (QED) is 0.473. The summed E-state index contributed by atoms with van der Waals surface area (Å²) in [4.78, 5) is 11.4. The van der Waals surface area contributed by atoms with Gasteiger partial charge in [-0.1, -0.05) is 0 Å². The second kappa shape index (κ2) is 1.65. The molecule has 0 aromatic carbocycles. The molecule has 1 heterocycles. The van der Waals surface area contributed by atoms with Gasteiger partial charge in [-0.2, -0.15) is 8.78 Å². The van der Waals surface area contributed by atoms with E-state index in [9.17, 15) is 13.6 Å². The van der Waals surface area contributed by atoms with E-state index in [2.05, 4.69) is 0 Å². The van der Waals surface area contributed by atoms with Crippen LogP contribution in [0.3, 0.4) is 0 Å². The molecule has 1 saturated heterocycles. The largest absolute Gasteiger partial charge is 0.340 e. The maximum absolute atomic E-state index is 12.2. The van der Waals surface area contributed by atoms with Gasteiger partial charge >= 0.3 is 5.92 Å². The Morgan fingerprint density at radius 1 is 1.67 bits per heavy atom. The van der Waals surface area contributed by atoms with Gasteiger partial charge in [-0.25, -0.2) is 0 Å². The van der Waals surface area contributed by atoms with Gasteiger partial charge in [0.15, 0.2) is 0 Å². The van der Waals surface area contributed by atoms with Crippen molar-refractivity contribution < 1.29 is 13.6 Å². The van der Waals surface area contributed by atoms with Crippen molar-refractivity contribution in [2.45, 2.75) is 12.3 Å². The molecule has 2 nitrogen and oxygen atoms in total. The summed E-state index contributed by atoms with van der Waals surface area (Å²) < 4.78 is 24.4. The highest BCUT2D eigenvalue weighted by Crippen LogP contribution is 2.26. The first-order valence-electron chi connectivity index (χ1n) is 2.67. The Morgan fingerprint density at radius 3 is 2.33 bits per heavy atom. The molecule has 0 N–H and O–H groups in total. The molecule has 9 heavy (non-hydrogen) atoms. The number of carbonyl (C=O) groups excluding carboxylic acids is 1. The fraction of sp³-hybridized carbons (Fsp3) is 0.800. The van der Waals surface area contributed by atoms with E-state index in [-0.39, 0.29) is 13.0 Å². The van der Waals surface area contributed by atoms with Gasteiger partial charge in [-0.05, 0) is 0 Å². The molecule has 1 rings (SSSR count). The normalized spacial score (nSPS) is 25.2. The van der Waals surface area contributed by atoms with Gasteiger partial charge in [0.25, 0.3) is 5.91 Å². The molecule has 0 unspecified atom stereocenters. The van der Waals surface area contributed by atoms with E-state index >= 15 is 0 Å². The summed E-state index contributed by atoms with van der Waals surface area (Å²) in [6.07, 6.45) is -0.331. The topological polar surface area (TPSA) is 20.3 Å². The molecule has 1 fully saturated rings. The molecule has 0 bridgehead atoms. The SMILES string of the molecule is CN1CCC(F)(F)C1=O. The smallest absolute Gasteiger partial charge is 0.326 e. The Bertz CT molecular complexity index is 146. The van der Waals surface area contributed by atoms with Crippen molar-refractivity contribution in [2.75, 3.05) is 13.6 Å². The summed E-state index contributed by atoms with van der Waals surface area (Å²) in [5.41, 5.74) is 0. The number of halogens is 2. The van der Waals surface area contributed by atoms with Crippen LogP contribution in [0.15, 0.2) is 0 Å². The monoisotopic (exact) mass is 135 g/mol. The highest BCUT2D eigenvalue weighted by molar-refractivity contribution is 5.85. The summed E-state index contributed by atoms with van der Waals surface area (Å²) in [5.74, 6) is -4.14. The number of rotatable bonds is 0. The number of hydrogen-bond acceptors (Lipinski definition) is 1. The van der Waals surface area contributed by atoms with Crippen molar-refractivity contribution in [1.29, 1.82) is 0 Å². The van der Waals surface area contributed by atoms with E-state index in [1.807, 2.05) is 0 Å². The van der Waals surface area contributed by atoms with E-state index in [4.69, 9.17) is 0 Å². The van der Waals surface area contributed by atoms with Gasteiger partial charge in [0.05, 0.1) is 0 Å². The third kappa shape index (κ3) is 0.886. The Kier molecular flexibility index (Phi) is 1.18. The first-order valence-corrected chi connectivity index (χ1v) is 2.67. The van der Waals surface area contributed by atoms with Crippen molar-refractivity contribution >= 4 is 5.91 Å². The first-order chi connectivity index (χ1) is 4.04. The number of hydrogen-bond donors (Lipinski definition) is 0. The van der Waals surface area contributed by atoms with Gasteiger partial charge in [0.2, 0.25) is 0 Å². The minimum atomic E-state index is -3.09. The molecule has 0 aromatic rings. The molecular weight excluding hydrogens is 128 g/mol. The minimum absolute atomic E-state index is 0.172. The first kappa shape index (κ1) is 6.45. The van der Waals surface area contributed by atoms with E-state index < -0.39 is 11.8 Å². The fourth-order valence-electron chi connectivity index (χ4n) is 0.796. The van der Waals surface area contributed by atoms with E-state index in [1.165, 1.54) is 7.05 Å². The van der Waals surface area contributed by atoms with E-state index in [0.717, 1.165) is 4.90 Å². The van der Waals surface area contributed by atoms with Crippen LogP contribution in [0.2, 0.25) is 0 Å². The fourth-order valence-corrected chi connectivity index (χ4v) is 0.796. The van der Waals surface area contributed by atoms with Crippen LogP contribution in [0.5, 0.6) is 0 Å². The zero-order valence-electron chi connectivity index (χ0n) is 5.03. The van der Waals surface area contributed by atoms with Gasteiger partial charge in [0.1, 0.15) is 0 Å². The van der Waals surface area contributed by atoms with Crippen LogP contribution in [-0.2, 0) is 4.79 Å². The second-order valence-electron chi connectivity index (χ2n) is 2.18. The van der Waals surface area contributed by atoms with Crippen LogP contribution in [-0.4, -0.2) is 30.3 Å². The van der Waals surface area contributed by atoms with Crippen molar-refractivity contribution in [2.24, 2.45) is 0 Å². The average molecular weight is 135 g/mol. The highest BCUT2D eigenvalue weighted by atomic mass is 19.3. The van der Waals surface area contributed by atoms with Crippen LogP contribution >= 0.6 is 0 Å². The van der Waals surface area contributed by atoms with Gasteiger partial charge in [0, 0.05) is 20.0 Å². The van der Waals surface area contributed by atoms with Gasteiger partial charge in [-0.15, -0.1) is 0 Å². The molecule has 1 aliphatic rings. The Labute approximate surface area is 51.4 Å². The number of likely N-dealkylation sites (tertiary alicyclic amines) is 1. The van der Waals surface area contributed by atoms with Crippen LogP contribution in [0, 0.1) is 0 Å². The lowest BCUT2D eigenvalue weighted by molar-refractivity contribution is -0.146. The summed E-state index contributed by atoms with van der Waals surface area (Å²) in [6.45, 7) is 0.172. The van der Waals surface area contributed by atoms with Gasteiger partial charge < -0.3 is 4.90 Å². The van der Waals surface area contributed by atoms with E-state index in [0.29, 0.717) is 0 Å². The molecule has 0 saturated carbocycles. The van der Waals surface area contributed by atoms with Crippen molar-refractivity contribution in [3.05, 3.63) is 0 Å². The van der Waals surface area contributed by atoms with E-state index in [1.54, 1.807) is 0 Å². The number of amides is 1. The van der Waals surface area contributed by atoms with Crippen LogP contribution in [0.25, 0.3) is 0 Å². The zero-order valence-corrected chi connectivity index (χ0v) is 5.03. The summed E-state index contributed by atoms with van der Waals surface area (Å²) >= 11 is 0. The average Bonchev–Trinajstić information content (AvgIpc) is 1.97. The molecule has 0 radical (unpaired) electrons. The maximum Gasteiger partial charge on any atom is 0.326 e. The lowest BCUT2D eigenvalue weighted by Crippen LogP contribution is -2.30. The molecule has 4 heteroatoms. The second-order valence-corrected chi connectivity index (χ2v) is 2.18. The van der Waals surface area contributed by atoms with Crippen LogP contribution in [0.1, 0.15) is 6.42 Å². The van der Waals surface area contributed by atoms with Crippen LogP contribution in [0.4, 0.5) is 8.78 Å². The highest BCUT2D eigenvalue weighted by Gasteiger charge is 2.46. The number of carbonyl (C=O) groups is 1. The third-order valence-electron chi connectivity index (χ3n) is 1.42. The molecule has 0 aliphatic carbocycles. The molecular formula is C5H7F2NO. The van der Waals surface area contributed by atoms with Crippen LogP contribution < -0.4 is 0 Å². The Hall–Kier alpha value is -0.670. The molecule has 0 spiro atoms. The number of nitrogens with zero attached hydrogens (tertiary/aromatic N) is 1. The summed E-state index contributed by atoms with van der Waals surface area (Å²) in [6, 6.07) is 0. The Balaban J connectivity index is 2.74. The lowest BCUT2D eigenvalue weighted by atomic mass is 10.3. The zero-order chi connectivity index (χ0) is 7.07. The summed E-state index contributed by atoms with van der Waals surface area (Å²) in [5, 5.41) is 0. The number of alkyl halides is 2. The molecule has 1 aliphatic heterocycles. The predicted octanol–water partition coefficient (Wildman–Crippen LogP) is 0.484. The van der Waals surface area contributed by atoms with Gasteiger partial charge in [-0.3, -0.25) is 4.79 Å².